The van der Waals surface area contributed by atoms with E-state index in [1.165, 1.54) is 0 Å². The quantitative estimate of drug-likeness (QED) is 0.365. The van der Waals surface area contributed by atoms with Crippen molar-refractivity contribution < 1.29 is 27.9 Å². The smallest absolute Gasteiger partial charge is 0.388 e. The standard InChI is InChI=1S/C22H48O6Si/c1-19(2,3)25-17-18(23)16-24-14-13-15-29(26-20(4,5)6,27-21(7,8)9)28-22(10,11)12/h18,23H,13-17H2,1-12H3. The molecule has 0 rings (SSSR count). The molecule has 1 N–H and O–H groups in total. The maximum Gasteiger partial charge on any atom is 0.502 e. The van der Waals surface area contributed by atoms with Gasteiger partial charge in [0, 0.05) is 12.7 Å². The van der Waals surface area contributed by atoms with Crippen LogP contribution in [0.5, 0.6) is 0 Å². The molecule has 0 aromatic carbocycles. The van der Waals surface area contributed by atoms with E-state index in [9.17, 15) is 5.11 Å². The molecule has 1 atom stereocenters. The molecule has 0 spiro atoms. The van der Waals surface area contributed by atoms with E-state index in [1.54, 1.807) is 0 Å². The zero-order chi connectivity index (χ0) is 23.1. The van der Waals surface area contributed by atoms with Crippen LogP contribution in [0.2, 0.25) is 6.04 Å². The van der Waals surface area contributed by atoms with E-state index in [1.807, 2.05) is 83.1 Å². The van der Waals surface area contributed by atoms with Crippen LogP contribution in [0.25, 0.3) is 0 Å². The SMILES string of the molecule is CC(C)(C)OCC(O)COCCC[Si](OC(C)(C)C)(OC(C)(C)C)OC(C)(C)C. The molecule has 0 radical (unpaired) electrons. The molecule has 0 saturated heterocycles. The molecule has 0 fully saturated rings. The molecule has 0 heterocycles. The fourth-order valence-corrected chi connectivity index (χ4v) is 6.43. The number of hydrogen-bond acceptors (Lipinski definition) is 6. The molecule has 0 amide bonds. The minimum atomic E-state index is -2.99. The van der Waals surface area contributed by atoms with Gasteiger partial charge in [0.2, 0.25) is 0 Å². The maximum absolute atomic E-state index is 10.0. The summed E-state index contributed by atoms with van der Waals surface area (Å²) >= 11 is 0. The number of rotatable bonds is 11. The zero-order valence-corrected chi connectivity index (χ0v) is 22.1. The van der Waals surface area contributed by atoms with Crippen molar-refractivity contribution in [1.29, 1.82) is 0 Å². The molecule has 0 aliphatic heterocycles. The summed E-state index contributed by atoms with van der Waals surface area (Å²) in [5.74, 6) is 0. The summed E-state index contributed by atoms with van der Waals surface area (Å²) in [6, 6.07) is 0.646. The second-order valence-electron chi connectivity index (χ2n) is 11.6. The summed E-state index contributed by atoms with van der Waals surface area (Å²) in [6.45, 7) is 25.1. The maximum atomic E-state index is 10.0. The highest BCUT2D eigenvalue weighted by Crippen LogP contribution is 2.32. The van der Waals surface area contributed by atoms with Crippen molar-refractivity contribution in [1.82, 2.24) is 0 Å². The van der Waals surface area contributed by atoms with E-state index in [0.717, 1.165) is 6.42 Å². The molecule has 176 valence electrons. The first-order valence-electron chi connectivity index (χ1n) is 10.7. The van der Waals surface area contributed by atoms with E-state index in [2.05, 4.69) is 0 Å². The van der Waals surface area contributed by atoms with Crippen LogP contribution in [0, 0.1) is 0 Å². The van der Waals surface area contributed by atoms with Crippen LogP contribution in [0.3, 0.4) is 0 Å². The third-order valence-electron chi connectivity index (χ3n) is 3.18. The summed E-state index contributed by atoms with van der Waals surface area (Å²) < 4.78 is 30.6. The highest BCUT2D eigenvalue weighted by molar-refractivity contribution is 6.61. The first-order valence-corrected chi connectivity index (χ1v) is 12.7. The van der Waals surface area contributed by atoms with E-state index in [4.69, 9.17) is 22.8 Å². The molecular weight excluding hydrogens is 388 g/mol. The van der Waals surface area contributed by atoms with Crippen LogP contribution in [0.4, 0.5) is 0 Å². The van der Waals surface area contributed by atoms with Gasteiger partial charge in [0.25, 0.3) is 0 Å². The lowest BCUT2D eigenvalue weighted by atomic mass is 10.2. The zero-order valence-electron chi connectivity index (χ0n) is 21.1. The van der Waals surface area contributed by atoms with Crippen molar-refractivity contribution in [3.05, 3.63) is 0 Å². The predicted octanol–water partition coefficient (Wildman–Crippen LogP) is 4.95. The first-order chi connectivity index (χ1) is 12.7. The van der Waals surface area contributed by atoms with E-state index < -0.39 is 14.9 Å². The second-order valence-corrected chi connectivity index (χ2v) is 14.1. The van der Waals surface area contributed by atoms with Crippen molar-refractivity contribution in [2.75, 3.05) is 19.8 Å². The van der Waals surface area contributed by atoms with Crippen molar-refractivity contribution in [2.45, 2.75) is 124 Å². The van der Waals surface area contributed by atoms with Crippen LogP contribution in [0.15, 0.2) is 0 Å². The molecule has 0 aliphatic rings. The van der Waals surface area contributed by atoms with E-state index in [-0.39, 0.29) is 35.6 Å². The lowest BCUT2D eigenvalue weighted by Gasteiger charge is -2.43. The average Bonchev–Trinajstić information content (AvgIpc) is 2.37. The number of aliphatic hydroxyl groups is 1. The topological polar surface area (TPSA) is 66.4 Å². The third kappa shape index (κ3) is 17.4. The largest absolute Gasteiger partial charge is 0.502 e. The van der Waals surface area contributed by atoms with Gasteiger partial charge in [0.15, 0.2) is 0 Å². The van der Waals surface area contributed by atoms with Crippen LogP contribution in [-0.4, -0.2) is 62.2 Å². The molecule has 7 heteroatoms. The number of ether oxygens (including phenoxy) is 2. The minimum Gasteiger partial charge on any atom is -0.388 e. The molecule has 0 saturated carbocycles. The monoisotopic (exact) mass is 436 g/mol. The highest BCUT2D eigenvalue weighted by Gasteiger charge is 2.49. The fourth-order valence-electron chi connectivity index (χ4n) is 2.62. The Kier molecular flexibility index (Phi) is 11.0. The first kappa shape index (κ1) is 29.0. The Morgan fingerprint density at radius 1 is 0.655 bits per heavy atom. The molecule has 0 bridgehead atoms. The molecule has 0 aliphatic carbocycles. The summed E-state index contributed by atoms with van der Waals surface area (Å²) in [4.78, 5) is 0. The summed E-state index contributed by atoms with van der Waals surface area (Å²) in [5.41, 5.74) is -1.43. The van der Waals surface area contributed by atoms with Crippen molar-refractivity contribution in [3.8, 4) is 0 Å². The lowest BCUT2D eigenvalue weighted by molar-refractivity contribution is -0.0793. The Labute approximate surface area is 181 Å². The molecule has 29 heavy (non-hydrogen) atoms. The van der Waals surface area contributed by atoms with Crippen molar-refractivity contribution >= 4 is 8.80 Å². The number of aliphatic hydroxyl groups excluding tert-OH is 1. The highest BCUT2D eigenvalue weighted by atomic mass is 28.4. The van der Waals surface area contributed by atoms with Crippen LogP contribution >= 0.6 is 0 Å². The van der Waals surface area contributed by atoms with Crippen LogP contribution in [-0.2, 0) is 22.8 Å². The molecule has 6 nitrogen and oxygen atoms in total. The third-order valence-corrected chi connectivity index (χ3v) is 6.91. The van der Waals surface area contributed by atoms with Gasteiger partial charge in [-0.05, 0) is 89.5 Å². The predicted molar refractivity (Wildman–Crippen MR) is 120 cm³/mol. The van der Waals surface area contributed by atoms with Gasteiger partial charge in [0.1, 0.15) is 6.10 Å². The van der Waals surface area contributed by atoms with Gasteiger partial charge in [-0.2, -0.15) is 0 Å². The summed E-state index contributed by atoms with van der Waals surface area (Å²) in [7, 11) is -2.99. The Morgan fingerprint density at radius 3 is 1.41 bits per heavy atom. The molecule has 1 unspecified atom stereocenters. The average molecular weight is 437 g/mol. The van der Waals surface area contributed by atoms with Crippen molar-refractivity contribution in [2.24, 2.45) is 0 Å². The van der Waals surface area contributed by atoms with Gasteiger partial charge in [-0.1, -0.05) is 0 Å². The van der Waals surface area contributed by atoms with Crippen LogP contribution in [0.1, 0.15) is 89.5 Å². The van der Waals surface area contributed by atoms with Crippen molar-refractivity contribution in [3.63, 3.8) is 0 Å². The van der Waals surface area contributed by atoms with Gasteiger partial charge in [-0.25, -0.2) is 0 Å². The molecular formula is C22H48O6Si. The molecule has 0 aromatic heterocycles. The number of hydrogen-bond donors (Lipinski definition) is 1. The van der Waals surface area contributed by atoms with Gasteiger partial charge in [-0.15, -0.1) is 0 Å². The van der Waals surface area contributed by atoms with Gasteiger partial charge < -0.3 is 27.9 Å². The Bertz CT molecular complexity index is 413. The lowest BCUT2D eigenvalue weighted by Crippen LogP contribution is -2.57. The Hall–Kier alpha value is -0.0231. The van der Waals surface area contributed by atoms with E-state index in [0.29, 0.717) is 12.7 Å². The van der Waals surface area contributed by atoms with Gasteiger partial charge in [-0.3, -0.25) is 0 Å². The van der Waals surface area contributed by atoms with E-state index >= 15 is 0 Å². The Balaban J connectivity index is 4.90. The van der Waals surface area contributed by atoms with Gasteiger partial charge >= 0.3 is 8.80 Å². The van der Waals surface area contributed by atoms with Gasteiger partial charge in [0.05, 0.1) is 35.6 Å². The normalized spacial score (nSPS) is 15.6. The summed E-state index contributed by atoms with van der Waals surface area (Å²) in [6.07, 6.45) is 0.0834. The molecule has 0 aromatic rings. The fraction of sp³-hybridized carbons (Fsp3) is 1.00. The Morgan fingerprint density at radius 2 is 1.07 bits per heavy atom. The summed E-state index contributed by atoms with van der Waals surface area (Å²) in [5, 5.41) is 10.0. The second kappa shape index (κ2) is 11.0. The minimum absolute atomic E-state index is 0.241. The van der Waals surface area contributed by atoms with Crippen LogP contribution < -0.4 is 0 Å².